The Hall–Kier alpha value is -2.84. The molecule has 1 aliphatic heterocycles. The summed E-state index contributed by atoms with van der Waals surface area (Å²) in [5, 5.41) is 21.5. The van der Waals surface area contributed by atoms with Gasteiger partial charge in [0.2, 0.25) is 0 Å². The SMILES string of the molecule is CCOc1cccc(C2/C(=C(\O)c3cc(Br)ccc3O)C(=O)C(=O)N2CCCN(CC)CC)c1. The molecular weight excluding hydrogens is 500 g/mol. The molecule has 0 bridgehead atoms. The van der Waals surface area contributed by atoms with Gasteiger partial charge in [0, 0.05) is 11.0 Å². The Morgan fingerprint density at radius 2 is 1.85 bits per heavy atom. The van der Waals surface area contributed by atoms with Crippen molar-refractivity contribution in [1.29, 1.82) is 0 Å². The predicted octanol–water partition coefficient (Wildman–Crippen LogP) is 4.71. The highest BCUT2D eigenvalue weighted by molar-refractivity contribution is 9.10. The van der Waals surface area contributed by atoms with Gasteiger partial charge < -0.3 is 24.7 Å². The Kier molecular flexibility index (Phi) is 8.74. The molecule has 2 aromatic rings. The quantitative estimate of drug-likeness (QED) is 0.262. The van der Waals surface area contributed by atoms with E-state index in [-0.39, 0.29) is 16.9 Å². The molecule has 1 aliphatic rings. The second-order valence-electron chi connectivity index (χ2n) is 8.04. The summed E-state index contributed by atoms with van der Waals surface area (Å²) >= 11 is 3.33. The van der Waals surface area contributed by atoms with Crippen molar-refractivity contribution in [2.75, 3.05) is 32.8 Å². The molecular formula is C26H31BrN2O5. The van der Waals surface area contributed by atoms with Crippen LogP contribution in [0.5, 0.6) is 11.5 Å². The summed E-state index contributed by atoms with van der Waals surface area (Å²) < 4.78 is 6.25. The molecule has 0 aromatic heterocycles. The van der Waals surface area contributed by atoms with Crippen LogP contribution < -0.4 is 4.74 Å². The topological polar surface area (TPSA) is 90.3 Å². The van der Waals surface area contributed by atoms with Gasteiger partial charge >= 0.3 is 0 Å². The lowest BCUT2D eigenvalue weighted by molar-refractivity contribution is -0.140. The average molecular weight is 531 g/mol. The Bertz CT molecular complexity index is 1080. The van der Waals surface area contributed by atoms with Gasteiger partial charge in [0.15, 0.2) is 0 Å². The zero-order chi connectivity index (χ0) is 24.8. The molecule has 7 nitrogen and oxygen atoms in total. The normalized spacial score (nSPS) is 17.6. The van der Waals surface area contributed by atoms with Crippen LogP contribution in [-0.2, 0) is 9.59 Å². The second kappa shape index (κ2) is 11.5. The molecule has 1 atom stereocenters. The summed E-state index contributed by atoms with van der Waals surface area (Å²) in [6.07, 6.45) is 0.679. The summed E-state index contributed by atoms with van der Waals surface area (Å²) in [6.45, 7) is 9.45. The molecule has 1 saturated heterocycles. The molecule has 1 fully saturated rings. The van der Waals surface area contributed by atoms with Gasteiger partial charge in [-0.3, -0.25) is 9.59 Å². The summed E-state index contributed by atoms with van der Waals surface area (Å²) in [5.74, 6) is -1.42. The van der Waals surface area contributed by atoms with Crippen molar-refractivity contribution < 1.29 is 24.5 Å². The number of aliphatic hydroxyl groups excluding tert-OH is 1. The number of phenolic OH excluding ortho intramolecular Hbond substituents is 1. The summed E-state index contributed by atoms with van der Waals surface area (Å²) in [7, 11) is 0. The van der Waals surface area contributed by atoms with E-state index in [2.05, 4.69) is 34.7 Å². The van der Waals surface area contributed by atoms with Crippen LogP contribution in [0, 0.1) is 0 Å². The number of halogens is 1. The third-order valence-corrected chi connectivity index (χ3v) is 6.50. The molecule has 0 saturated carbocycles. The van der Waals surface area contributed by atoms with Crippen LogP contribution in [0.3, 0.4) is 0 Å². The van der Waals surface area contributed by atoms with Crippen LogP contribution >= 0.6 is 15.9 Å². The zero-order valence-corrected chi connectivity index (χ0v) is 21.3. The fourth-order valence-electron chi connectivity index (χ4n) is 4.25. The number of carbonyl (C=O) groups is 2. The number of hydrogen-bond acceptors (Lipinski definition) is 6. The molecule has 3 rings (SSSR count). The first-order valence-corrected chi connectivity index (χ1v) is 12.3. The van der Waals surface area contributed by atoms with E-state index in [1.54, 1.807) is 24.3 Å². The number of amides is 1. The van der Waals surface area contributed by atoms with E-state index in [1.165, 1.54) is 17.0 Å². The molecule has 0 aliphatic carbocycles. The maximum atomic E-state index is 13.2. The van der Waals surface area contributed by atoms with Crippen LogP contribution in [-0.4, -0.2) is 64.5 Å². The first-order valence-electron chi connectivity index (χ1n) is 11.5. The number of hydrogen-bond donors (Lipinski definition) is 2. The average Bonchev–Trinajstić information content (AvgIpc) is 3.08. The van der Waals surface area contributed by atoms with Gasteiger partial charge in [-0.05, 0) is 68.9 Å². The predicted molar refractivity (Wildman–Crippen MR) is 135 cm³/mol. The molecule has 8 heteroatoms. The number of aromatic hydroxyl groups is 1. The van der Waals surface area contributed by atoms with E-state index in [4.69, 9.17) is 4.74 Å². The van der Waals surface area contributed by atoms with Gasteiger partial charge in [-0.2, -0.15) is 0 Å². The molecule has 182 valence electrons. The molecule has 0 spiro atoms. The molecule has 1 unspecified atom stereocenters. The standard InChI is InChI=1S/C26H31BrN2O5/c1-4-28(5-2)13-8-14-29-23(17-9-7-10-19(15-17)34-6-3)22(25(32)26(29)33)24(31)20-16-18(27)11-12-21(20)30/h7,9-12,15-16,23,30-31H,4-6,8,13-14H2,1-3H3/b24-22+. The van der Waals surface area contributed by atoms with E-state index in [9.17, 15) is 19.8 Å². The van der Waals surface area contributed by atoms with Crippen LogP contribution in [0.2, 0.25) is 0 Å². The first-order chi connectivity index (χ1) is 16.3. The van der Waals surface area contributed by atoms with E-state index in [0.29, 0.717) is 35.4 Å². The van der Waals surface area contributed by atoms with E-state index in [1.807, 2.05) is 13.0 Å². The van der Waals surface area contributed by atoms with Crippen molar-refractivity contribution in [3.63, 3.8) is 0 Å². The van der Waals surface area contributed by atoms with E-state index in [0.717, 1.165) is 19.6 Å². The number of carbonyl (C=O) groups excluding carboxylic acids is 2. The number of Topliss-reactive ketones (excluding diaryl/α,β-unsaturated/α-hetero) is 1. The third-order valence-electron chi connectivity index (χ3n) is 6.01. The number of benzene rings is 2. The van der Waals surface area contributed by atoms with Gasteiger partial charge in [-0.1, -0.05) is 41.9 Å². The van der Waals surface area contributed by atoms with Crippen LogP contribution in [0.15, 0.2) is 52.5 Å². The van der Waals surface area contributed by atoms with Crippen molar-refractivity contribution in [1.82, 2.24) is 9.80 Å². The van der Waals surface area contributed by atoms with Crippen molar-refractivity contribution >= 4 is 33.4 Å². The Balaban J connectivity index is 2.09. The summed E-state index contributed by atoms with van der Waals surface area (Å²) in [6, 6.07) is 11.0. The number of phenols is 1. The van der Waals surface area contributed by atoms with Gasteiger partial charge in [0.05, 0.1) is 23.8 Å². The highest BCUT2D eigenvalue weighted by Gasteiger charge is 2.46. The number of aliphatic hydroxyl groups is 1. The van der Waals surface area contributed by atoms with Crippen LogP contribution in [0.25, 0.3) is 5.76 Å². The lowest BCUT2D eigenvalue weighted by Crippen LogP contribution is -2.33. The Labute approximate surface area is 208 Å². The molecule has 1 amide bonds. The van der Waals surface area contributed by atoms with Gasteiger partial charge in [0.25, 0.3) is 11.7 Å². The fraction of sp³-hybridized carbons (Fsp3) is 0.385. The van der Waals surface area contributed by atoms with Gasteiger partial charge in [-0.15, -0.1) is 0 Å². The minimum atomic E-state index is -0.796. The molecule has 2 N–H and O–H groups in total. The van der Waals surface area contributed by atoms with E-state index < -0.39 is 23.5 Å². The number of rotatable bonds is 10. The minimum Gasteiger partial charge on any atom is -0.507 e. The van der Waals surface area contributed by atoms with Gasteiger partial charge in [0.1, 0.15) is 17.3 Å². The Morgan fingerprint density at radius 1 is 1.12 bits per heavy atom. The fourth-order valence-corrected chi connectivity index (χ4v) is 4.61. The van der Waals surface area contributed by atoms with Crippen molar-refractivity contribution in [2.24, 2.45) is 0 Å². The number of ether oxygens (including phenoxy) is 1. The highest BCUT2D eigenvalue weighted by Crippen LogP contribution is 2.42. The maximum Gasteiger partial charge on any atom is 0.295 e. The highest BCUT2D eigenvalue weighted by atomic mass is 79.9. The lowest BCUT2D eigenvalue weighted by Gasteiger charge is -2.27. The van der Waals surface area contributed by atoms with Crippen LogP contribution in [0.1, 0.15) is 44.4 Å². The van der Waals surface area contributed by atoms with Crippen molar-refractivity contribution in [2.45, 2.75) is 33.2 Å². The molecule has 34 heavy (non-hydrogen) atoms. The number of ketones is 1. The zero-order valence-electron chi connectivity index (χ0n) is 19.8. The Morgan fingerprint density at radius 3 is 2.53 bits per heavy atom. The number of likely N-dealkylation sites (tertiary alicyclic amines) is 1. The maximum absolute atomic E-state index is 13.2. The molecule has 0 radical (unpaired) electrons. The monoisotopic (exact) mass is 530 g/mol. The molecule has 1 heterocycles. The van der Waals surface area contributed by atoms with Gasteiger partial charge in [-0.25, -0.2) is 0 Å². The van der Waals surface area contributed by atoms with Crippen molar-refractivity contribution in [3.8, 4) is 11.5 Å². The van der Waals surface area contributed by atoms with Crippen LogP contribution in [0.4, 0.5) is 0 Å². The lowest BCUT2D eigenvalue weighted by atomic mass is 9.95. The van der Waals surface area contributed by atoms with Crippen molar-refractivity contribution in [3.05, 3.63) is 63.6 Å². The smallest absolute Gasteiger partial charge is 0.295 e. The molecule has 2 aromatic carbocycles. The second-order valence-corrected chi connectivity index (χ2v) is 8.96. The summed E-state index contributed by atoms with van der Waals surface area (Å²) in [5.41, 5.74) is 0.695. The number of nitrogens with zero attached hydrogens (tertiary/aromatic N) is 2. The minimum absolute atomic E-state index is 0.0464. The van der Waals surface area contributed by atoms with E-state index >= 15 is 0 Å². The third kappa shape index (κ3) is 5.45. The first kappa shape index (κ1) is 25.8. The summed E-state index contributed by atoms with van der Waals surface area (Å²) in [4.78, 5) is 30.1. The largest absolute Gasteiger partial charge is 0.507 e.